The fourth-order valence-corrected chi connectivity index (χ4v) is 4.82. The van der Waals surface area contributed by atoms with Gasteiger partial charge in [-0.3, -0.25) is 9.59 Å². The van der Waals surface area contributed by atoms with Crippen LogP contribution in [0.25, 0.3) is 10.2 Å². The largest absolute Gasteiger partial charge is 0.468 e. The number of fused-ring (bicyclic) bond motifs is 1. The number of hydrogen-bond acceptors (Lipinski definition) is 5. The second-order valence-corrected chi connectivity index (χ2v) is 8.47. The molecule has 2 aromatic heterocycles. The fraction of sp³-hybridized carbons (Fsp3) is 0.188. The van der Waals surface area contributed by atoms with Gasteiger partial charge in [0.1, 0.15) is 10.9 Å². The van der Waals surface area contributed by atoms with Gasteiger partial charge in [0.15, 0.2) is 4.80 Å². The number of aromatic nitrogens is 1. The first-order valence-corrected chi connectivity index (χ1v) is 9.48. The molecule has 0 radical (unpaired) electrons. The van der Waals surface area contributed by atoms with Crippen molar-refractivity contribution in [2.45, 2.75) is 13.5 Å². The molecule has 0 aliphatic carbocycles. The van der Waals surface area contributed by atoms with E-state index in [2.05, 4.69) is 4.99 Å². The van der Waals surface area contributed by atoms with E-state index in [4.69, 9.17) is 27.9 Å². The molecule has 0 spiro atoms. The highest BCUT2D eigenvalue weighted by Gasteiger charge is 2.16. The summed E-state index contributed by atoms with van der Waals surface area (Å²) in [7, 11) is 1.32. The lowest BCUT2D eigenvalue weighted by Gasteiger charge is -2.03. The molecule has 0 bridgehead atoms. The van der Waals surface area contributed by atoms with Gasteiger partial charge in [0, 0.05) is 0 Å². The van der Waals surface area contributed by atoms with Crippen LogP contribution in [0.5, 0.6) is 0 Å². The molecule has 130 valence electrons. The van der Waals surface area contributed by atoms with Gasteiger partial charge in [0.2, 0.25) is 0 Å². The Bertz CT molecular complexity index is 1050. The van der Waals surface area contributed by atoms with Crippen LogP contribution in [0.1, 0.15) is 15.9 Å². The number of carbonyl (C=O) groups excluding carboxylic acids is 2. The van der Waals surface area contributed by atoms with Crippen LogP contribution >= 0.6 is 45.9 Å². The lowest BCUT2D eigenvalue weighted by atomic mass is 10.2. The number of methoxy groups -OCH3 is 1. The molecule has 0 atom stereocenters. The zero-order valence-corrected chi connectivity index (χ0v) is 16.4. The molecule has 5 nitrogen and oxygen atoms in total. The number of amides is 1. The molecule has 2 heterocycles. The number of aryl methyl sites for hydroxylation is 1. The summed E-state index contributed by atoms with van der Waals surface area (Å²) in [6.07, 6.45) is 0. The summed E-state index contributed by atoms with van der Waals surface area (Å²) in [5.41, 5.74) is 2.13. The Balaban J connectivity index is 2.16. The third kappa shape index (κ3) is 3.79. The molecule has 1 aromatic carbocycles. The zero-order chi connectivity index (χ0) is 18.1. The fourth-order valence-electron chi connectivity index (χ4n) is 2.25. The number of carbonyl (C=O) groups is 2. The van der Waals surface area contributed by atoms with E-state index in [9.17, 15) is 9.59 Å². The van der Waals surface area contributed by atoms with E-state index < -0.39 is 11.9 Å². The zero-order valence-electron chi connectivity index (χ0n) is 13.2. The summed E-state index contributed by atoms with van der Waals surface area (Å²) < 4.78 is 8.03. The molecule has 3 rings (SSSR count). The van der Waals surface area contributed by atoms with Crippen LogP contribution in [0, 0.1) is 6.92 Å². The van der Waals surface area contributed by atoms with Crippen molar-refractivity contribution >= 4 is 68.0 Å². The second kappa shape index (κ2) is 7.29. The summed E-state index contributed by atoms with van der Waals surface area (Å²) in [6.45, 7) is 1.93. The number of rotatable bonds is 3. The Labute approximate surface area is 161 Å². The average Bonchev–Trinajstić information content (AvgIpc) is 3.06. The van der Waals surface area contributed by atoms with E-state index in [1.165, 1.54) is 24.5 Å². The van der Waals surface area contributed by atoms with E-state index in [1.54, 1.807) is 4.57 Å². The van der Waals surface area contributed by atoms with Gasteiger partial charge in [-0.1, -0.05) is 40.6 Å². The Morgan fingerprint density at radius 2 is 2.00 bits per heavy atom. The number of ether oxygens (including phenoxy) is 1. The van der Waals surface area contributed by atoms with Crippen molar-refractivity contribution in [2.24, 2.45) is 4.99 Å². The third-order valence-electron chi connectivity index (χ3n) is 3.44. The lowest BCUT2D eigenvalue weighted by Crippen LogP contribution is -2.22. The van der Waals surface area contributed by atoms with Crippen molar-refractivity contribution in [3.05, 3.63) is 48.9 Å². The minimum atomic E-state index is -0.505. The molecule has 0 unspecified atom stereocenters. The molecular weight excluding hydrogens is 403 g/mol. The Hall–Kier alpha value is -1.67. The number of halogens is 2. The maximum atomic E-state index is 12.5. The van der Waals surface area contributed by atoms with Gasteiger partial charge in [-0.2, -0.15) is 4.99 Å². The number of benzene rings is 1. The Kier molecular flexibility index (Phi) is 5.29. The Morgan fingerprint density at radius 1 is 1.24 bits per heavy atom. The average molecular weight is 415 g/mol. The quantitative estimate of drug-likeness (QED) is 0.600. The molecule has 0 aliphatic rings. The predicted octanol–water partition coefficient (Wildman–Crippen LogP) is 4.29. The molecule has 1 amide bonds. The first-order chi connectivity index (χ1) is 11.9. The smallest absolute Gasteiger partial charge is 0.325 e. The van der Waals surface area contributed by atoms with Gasteiger partial charge in [-0.15, -0.1) is 11.3 Å². The highest BCUT2D eigenvalue weighted by Crippen LogP contribution is 2.31. The molecule has 0 fully saturated rings. The van der Waals surface area contributed by atoms with Crippen LogP contribution in [-0.2, 0) is 16.1 Å². The van der Waals surface area contributed by atoms with Gasteiger partial charge >= 0.3 is 5.97 Å². The van der Waals surface area contributed by atoms with Crippen molar-refractivity contribution in [1.29, 1.82) is 0 Å². The van der Waals surface area contributed by atoms with Gasteiger partial charge in [-0.05, 0) is 30.7 Å². The van der Waals surface area contributed by atoms with Gasteiger partial charge in [0.05, 0.1) is 27.2 Å². The summed E-state index contributed by atoms with van der Waals surface area (Å²) >= 11 is 14.3. The molecule has 3 aromatic rings. The SMILES string of the molecule is COC(=O)Cn1c(=NC(=O)c2cc(Cl)sc2Cl)sc2cc(C)ccc21. The van der Waals surface area contributed by atoms with Crippen molar-refractivity contribution in [2.75, 3.05) is 7.11 Å². The van der Waals surface area contributed by atoms with E-state index in [-0.39, 0.29) is 16.4 Å². The van der Waals surface area contributed by atoms with Crippen LogP contribution in [0.2, 0.25) is 8.67 Å². The van der Waals surface area contributed by atoms with Crippen molar-refractivity contribution in [3.8, 4) is 0 Å². The number of esters is 1. The minimum absolute atomic E-state index is 0.0379. The van der Waals surface area contributed by atoms with Gasteiger partial charge in [0.25, 0.3) is 5.91 Å². The molecule has 0 N–H and O–H groups in total. The van der Waals surface area contributed by atoms with Crippen molar-refractivity contribution in [3.63, 3.8) is 0 Å². The maximum Gasteiger partial charge on any atom is 0.325 e. The van der Waals surface area contributed by atoms with Crippen molar-refractivity contribution < 1.29 is 14.3 Å². The normalized spacial score (nSPS) is 11.9. The van der Waals surface area contributed by atoms with Crippen LogP contribution in [-0.4, -0.2) is 23.6 Å². The first-order valence-electron chi connectivity index (χ1n) is 7.09. The van der Waals surface area contributed by atoms with E-state index in [1.807, 2.05) is 25.1 Å². The van der Waals surface area contributed by atoms with Crippen LogP contribution in [0.15, 0.2) is 29.3 Å². The number of nitrogens with zero attached hydrogens (tertiary/aromatic N) is 2. The molecule has 0 saturated heterocycles. The predicted molar refractivity (Wildman–Crippen MR) is 101 cm³/mol. The molecule has 25 heavy (non-hydrogen) atoms. The second-order valence-electron chi connectivity index (χ2n) is 5.17. The standard InChI is InChI=1S/C16H12Cl2N2O3S2/c1-8-3-4-10-11(5-8)24-16(20(10)7-13(21)23-2)19-15(22)9-6-12(17)25-14(9)18/h3-6H,7H2,1-2H3. The summed E-state index contributed by atoms with van der Waals surface area (Å²) in [6, 6.07) is 7.29. The van der Waals surface area contributed by atoms with E-state index in [0.29, 0.717) is 9.14 Å². The van der Waals surface area contributed by atoms with Gasteiger partial charge in [-0.25, -0.2) is 0 Å². The summed E-state index contributed by atoms with van der Waals surface area (Å²) in [5.74, 6) is -0.930. The highest BCUT2D eigenvalue weighted by atomic mass is 35.5. The maximum absolute atomic E-state index is 12.5. The monoisotopic (exact) mass is 414 g/mol. The molecule has 0 saturated carbocycles. The van der Waals surface area contributed by atoms with Crippen LogP contribution in [0.3, 0.4) is 0 Å². The third-order valence-corrected chi connectivity index (χ3v) is 5.97. The summed E-state index contributed by atoms with van der Waals surface area (Å²) in [4.78, 5) is 28.8. The number of thiazole rings is 1. The number of hydrogen-bond donors (Lipinski definition) is 0. The Morgan fingerprint density at radius 3 is 2.64 bits per heavy atom. The molecule has 9 heteroatoms. The van der Waals surface area contributed by atoms with Gasteiger partial charge < -0.3 is 9.30 Å². The van der Waals surface area contributed by atoms with Crippen LogP contribution in [0.4, 0.5) is 0 Å². The topological polar surface area (TPSA) is 60.7 Å². The van der Waals surface area contributed by atoms with E-state index >= 15 is 0 Å². The summed E-state index contributed by atoms with van der Waals surface area (Å²) in [5, 5.41) is 0. The minimum Gasteiger partial charge on any atom is -0.468 e. The molecule has 0 aliphatic heterocycles. The highest BCUT2D eigenvalue weighted by molar-refractivity contribution is 7.20. The molecular formula is C16H12Cl2N2O3S2. The van der Waals surface area contributed by atoms with Crippen LogP contribution < -0.4 is 4.80 Å². The number of thiophene rings is 1. The first kappa shape index (κ1) is 18.1. The van der Waals surface area contributed by atoms with E-state index in [0.717, 1.165) is 27.1 Å². The van der Waals surface area contributed by atoms with Crippen molar-refractivity contribution in [1.82, 2.24) is 4.57 Å². The lowest BCUT2D eigenvalue weighted by molar-refractivity contribution is -0.141.